The highest BCUT2D eigenvalue weighted by Crippen LogP contribution is 2.29. The molecule has 1 atom stereocenters. The summed E-state index contributed by atoms with van der Waals surface area (Å²) in [5.74, 6) is 1.64. The number of methoxy groups -OCH3 is 1. The number of ether oxygens (including phenoxy) is 2. The fourth-order valence-corrected chi connectivity index (χ4v) is 1.75. The molecule has 1 rings (SSSR count). The molecule has 19 heavy (non-hydrogen) atoms. The van der Waals surface area contributed by atoms with Gasteiger partial charge < -0.3 is 14.8 Å². The minimum Gasteiger partial charge on any atom is -0.493 e. The van der Waals surface area contributed by atoms with Gasteiger partial charge in [0, 0.05) is 6.54 Å². The summed E-state index contributed by atoms with van der Waals surface area (Å²) in [5, 5.41) is 3.43. The van der Waals surface area contributed by atoms with Crippen LogP contribution in [0.2, 0.25) is 0 Å². The van der Waals surface area contributed by atoms with E-state index in [0.29, 0.717) is 0 Å². The first-order chi connectivity index (χ1) is 9.21. The second-order valence-electron chi connectivity index (χ2n) is 4.85. The van der Waals surface area contributed by atoms with Crippen molar-refractivity contribution in [1.29, 1.82) is 0 Å². The average Bonchev–Trinajstić information content (AvgIpc) is 2.44. The maximum Gasteiger partial charge on any atom is 0.161 e. The highest BCUT2D eigenvalue weighted by molar-refractivity contribution is 5.43. The molecule has 0 aliphatic rings. The standard InChI is InChI=1S/C16H27NO2/c1-5-7-10-17-12-14-8-9-15(16(11-14)18-4)19-13(3)6-2/h8-9,11,13,17H,5-7,10,12H2,1-4H3. The fourth-order valence-electron chi connectivity index (χ4n) is 1.75. The fraction of sp³-hybridized carbons (Fsp3) is 0.625. The normalized spacial score (nSPS) is 12.2. The van der Waals surface area contributed by atoms with E-state index in [4.69, 9.17) is 9.47 Å². The maximum atomic E-state index is 5.84. The Morgan fingerprint density at radius 3 is 2.63 bits per heavy atom. The Morgan fingerprint density at radius 2 is 2.00 bits per heavy atom. The van der Waals surface area contributed by atoms with Crippen LogP contribution in [0, 0.1) is 0 Å². The van der Waals surface area contributed by atoms with E-state index in [1.807, 2.05) is 6.07 Å². The number of rotatable bonds is 9. The molecule has 0 saturated carbocycles. The lowest BCUT2D eigenvalue weighted by atomic mass is 10.2. The molecule has 0 spiro atoms. The average molecular weight is 265 g/mol. The lowest BCUT2D eigenvalue weighted by molar-refractivity contribution is 0.207. The molecular weight excluding hydrogens is 238 g/mol. The molecule has 1 aromatic carbocycles. The first kappa shape index (κ1) is 15.8. The highest BCUT2D eigenvalue weighted by atomic mass is 16.5. The summed E-state index contributed by atoms with van der Waals surface area (Å²) in [6.07, 6.45) is 3.64. The molecule has 0 aliphatic carbocycles. The minimum atomic E-state index is 0.211. The van der Waals surface area contributed by atoms with Gasteiger partial charge in [0.2, 0.25) is 0 Å². The van der Waals surface area contributed by atoms with Gasteiger partial charge in [-0.1, -0.05) is 26.3 Å². The van der Waals surface area contributed by atoms with Crippen LogP contribution in [0.3, 0.4) is 0 Å². The summed E-state index contributed by atoms with van der Waals surface area (Å²) in [7, 11) is 1.69. The molecule has 3 nitrogen and oxygen atoms in total. The highest BCUT2D eigenvalue weighted by Gasteiger charge is 2.08. The Bertz CT molecular complexity index is 366. The van der Waals surface area contributed by atoms with Crippen molar-refractivity contribution in [3.63, 3.8) is 0 Å². The smallest absolute Gasteiger partial charge is 0.161 e. The van der Waals surface area contributed by atoms with Gasteiger partial charge >= 0.3 is 0 Å². The summed E-state index contributed by atoms with van der Waals surface area (Å²) in [5.41, 5.74) is 1.23. The molecule has 0 heterocycles. The zero-order valence-corrected chi connectivity index (χ0v) is 12.7. The van der Waals surface area contributed by atoms with Crippen molar-refractivity contribution < 1.29 is 9.47 Å². The summed E-state index contributed by atoms with van der Waals surface area (Å²) >= 11 is 0. The minimum absolute atomic E-state index is 0.211. The lowest BCUT2D eigenvalue weighted by Crippen LogP contribution is -2.15. The van der Waals surface area contributed by atoms with Crippen LogP contribution in [0.25, 0.3) is 0 Å². The van der Waals surface area contributed by atoms with Gasteiger partial charge in [-0.3, -0.25) is 0 Å². The quantitative estimate of drug-likeness (QED) is 0.690. The van der Waals surface area contributed by atoms with Crippen molar-refractivity contribution in [3.05, 3.63) is 23.8 Å². The van der Waals surface area contributed by atoms with Crippen LogP contribution in [0.4, 0.5) is 0 Å². The van der Waals surface area contributed by atoms with Crippen molar-refractivity contribution in [1.82, 2.24) is 5.32 Å². The van der Waals surface area contributed by atoms with Gasteiger partial charge in [-0.15, -0.1) is 0 Å². The van der Waals surface area contributed by atoms with E-state index in [-0.39, 0.29) is 6.10 Å². The molecule has 0 aliphatic heterocycles. The van der Waals surface area contributed by atoms with Gasteiger partial charge in [-0.05, 0) is 44.0 Å². The van der Waals surface area contributed by atoms with E-state index in [1.54, 1.807) is 7.11 Å². The van der Waals surface area contributed by atoms with Crippen LogP contribution in [-0.2, 0) is 6.54 Å². The zero-order chi connectivity index (χ0) is 14.1. The van der Waals surface area contributed by atoms with Crippen LogP contribution < -0.4 is 14.8 Å². The molecular formula is C16H27NO2. The Labute approximate surface area is 117 Å². The molecule has 3 heteroatoms. The Morgan fingerprint density at radius 1 is 1.21 bits per heavy atom. The Balaban J connectivity index is 2.61. The van der Waals surface area contributed by atoms with E-state index in [0.717, 1.165) is 31.0 Å². The van der Waals surface area contributed by atoms with Crippen LogP contribution in [-0.4, -0.2) is 19.8 Å². The van der Waals surface area contributed by atoms with Crippen LogP contribution >= 0.6 is 0 Å². The molecule has 108 valence electrons. The molecule has 0 bridgehead atoms. The second kappa shape index (κ2) is 8.81. The van der Waals surface area contributed by atoms with E-state index >= 15 is 0 Å². The zero-order valence-electron chi connectivity index (χ0n) is 12.7. The first-order valence-electron chi connectivity index (χ1n) is 7.25. The van der Waals surface area contributed by atoms with Crippen LogP contribution in [0.15, 0.2) is 18.2 Å². The van der Waals surface area contributed by atoms with Crippen LogP contribution in [0.1, 0.15) is 45.6 Å². The molecule has 0 radical (unpaired) electrons. The predicted octanol–water partition coefficient (Wildman–Crippen LogP) is 3.76. The van der Waals surface area contributed by atoms with Gasteiger partial charge in [0.15, 0.2) is 11.5 Å². The topological polar surface area (TPSA) is 30.5 Å². The SMILES string of the molecule is CCCCNCc1ccc(OC(C)CC)c(OC)c1. The number of hydrogen-bond donors (Lipinski definition) is 1. The third-order valence-corrected chi connectivity index (χ3v) is 3.17. The van der Waals surface area contributed by atoms with E-state index < -0.39 is 0 Å². The summed E-state index contributed by atoms with van der Waals surface area (Å²) in [6.45, 7) is 8.32. The molecule has 1 aromatic rings. The third kappa shape index (κ3) is 5.52. The molecule has 1 N–H and O–H groups in total. The van der Waals surface area contributed by atoms with Crippen molar-refractivity contribution in [3.8, 4) is 11.5 Å². The molecule has 1 unspecified atom stereocenters. The van der Waals surface area contributed by atoms with Crippen LogP contribution in [0.5, 0.6) is 11.5 Å². The summed E-state index contributed by atoms with van der Waals surface area (Å²) < 4.78 is 11.2. The predicted molar refractivity (Wildman–Crippen MR) is 80.0 cm³/mol. The maximum absolute atomic E-state index is 5.84. The van der Waals surface area contributed by atoms with Gasteiger partial charge in [0.05, 0.1) is 13.2 Å². The second-order valence-corrected chi connectivity index (χ2v) is 4.85. The van der Waals surface area contributed by atoms with Gasteiger partial charge in [-0.25, -0.2) is 0 Å². The van der Waals surface area contributed by atoms with Crippen molar-refractivity contribution in [2.45, 2.75) is 52.7 Å². The number of unbranched alkanes of at least 4 members (excludes halogenated alkanes) is 1. The number of nitrogens with one attached hydrogen (secondary N) is 1. The largest absolute Gasteiger partial charge is 0.493 e. The number of hydrogen-bond acceptors (Lipinski definition) is 3. The number of benzene rings is 1. The Kier molecular flexibility index (Phi) is 7.34. The van der Waals surface area contributed by atoms with E-state index in [9.17, 15) is 0 Å². The summed E-state index contributed by atoms with van der Waals surface area (Å²) in [6, 6.07) is 6.15. The van der Waals surface area contributed by atoms with Gasteiger partial charge in [0.25, 0.3) is 0 Å². The third-order valence-electron chi connectivity index (χ3n) is 3.17. The Hall–Kier alpha value is -1.22. The monoisotopic (exact) mass is 265 g/mol. The van der Waals surface area contributed by atoms with Crippen molar-refractivity contribution in [2.75, 3.05) is 13.7 Å². The van der Waals surface area contributed by atoms with Crippen molar-refractivity contribution >= 4 is 0 Å². The molecule has 0 saturated heterocycles. The van der Waals surface area contributed by atoms with E-state index in [2.05, 4.69) is 38.2 Å². The van der Waals surface area contributed by atoms with E-state index in [1.165, 1.54) is 18.4 Å². The van der Waals surface area contributed by atoms with Gasteiger partial charge in [0.1, 0.15) is 0 Å². The van der Waals surface area contributed by atoms with Gasteiger partial charge in [-0.2, -0.15) is 0 Å². The first-order valence-corrected chi connectivity index (χ1v) is 7.25. The molecule has 0 aromatic heterocycles. The summed E-state index contributed by atoms with van der Waals surface area (Å²) in [4.78, 5) is 0. The lowest BCUT2D eigenvalue weighted by Gasteiger charge is -2.16. The molecule has 0 fully saturated rings. The van der Waals surface area contributed by atoms with Crippen molar-refractivity contribution in [2.24, 2.45) is 0 Å². The molecule has 0 amide bonds.